The molecule has 32 heavy (non-hydrogen) atoms. The van der Waals surface area contributed by atoms with E-state index in [4.69, 9.17) is 0 Å². The van der Waals surface area contributed by atoms with Crippen LogP contribution in [-0.4, -0.2) is 21.4 Å². The molecule has 0 bridgehead atoms. The average Bonchev–Trinajstić information content (AvgIpc) is 3.53. The molecule has 2 fully saturated rings. The summed E-state index contributed by atoms with van der Waals surface area (Å²) in [6, 6.07) is 23.9. The predicted molar refractivity (Wildman–Crippen MR) is 129 cm³/mol. The van der Waals surface area contributed by atoms with E-state index < -0.39 is 0 Å². The summed E-state index contributed by atoms with van der Waals surface area (Å²) in [7, 11) is 0. The Morgan fingerprint density at radius 1 is 0.938 bits per heavy atom. The van der Waals surface area contributed by atoms with Crippen LogP contribution < -0.4 is 0 Å². The van der Waals surface area contributed by atoms with Crippen LogP contribution in [0.4, 0.5) is 0 Å². The van der Waals surface area contributed by atoms with Crippen molar-refractivity contribution in [3.63, 3.8) is 0 Å². The van der Waals surface area contributed by atoms with Gasteiger partial charge in [0.05, 0.1) is 6.54 Å². The van der Waals surface area contributed by atoms with E-state index in [2.05, 4.69) is 89.3 Å². The molecule has 2 aromatic carbocycles. The molecule has 166 valence electrons. The Kier molecular flexibility index (Phi) is 6.16. The topological polar surface area (TPSA) is 25.2 Å². The average molecular weight is 427 g/mol. The monoisotopic (exact) mass is 426 g/mol. The molecule has 3 aromatic rings. The minimum absolute atomic E-state index is 0.152. The maximum atomic E-state index is 13.8. The molecule has 1 heterocycles. The van der Waals surface area contributed by atoms with Gasteiger partial charge in [-0.1, -0.05) is 73.9 Å². The second-order valence-corrected chi connectivity index (χ2v) is 9.67. The van der Waals surface area contributed by atoms with E-state index in [1.807, 2.05) is 0 Å². The molecule has 1 amide bonds. The first kappa shape index (κ1) is 21.1. The zero-order chi connectivity index (χ0) is 21.9. The van der Waals surface area contributed by atoms with Crippen molar-refractivity contribution < 1.29 is 4.79 Å². The summed E-state index contributed by atoms with van der Waals surface area (Å²) in [5.74, 6) is 0.919. The van der Waals surface area contributed by atoms with Gasteiger partial charge in [-0.25, -0.2) is 0 Å². The standard InChI is InChI=1S/C29H34N2O/c1-22-11-8-9-14-24(22)20-30-18-10-17-26(30)21-31(25-15-6-3-7-16-25)29(32)28-19-27(28)23-12-4-2-5-13-23/h2,4-5,8-14,17-18,25,27-28H,3,6-7,15-16,19-21H2,1H3. The van der Waals surface area contributed by atoms with Gasteiger partial charge in [0.15, 0.2) is 0 Å². The summed E-state index contributed by atoms with van der Waals surface area (Å²) in [5.41, 5.74) is 5.21. The highest BCUT2D eigenvalue weighted by Crippen LogP contribution is 2.49. The number of carbonyl (C=O) groups is 1. The molecular weight excluding hydrogens is 392 g/mol. The van der Waals surface area contributed by atoms with Gasteiger partial charge in [0.1, 0.15) is 0 Å². The lowest BCUT2D eigenvalue weighted by Crippen LogP contribution is -2.42. The van der Waals surface area contributed by atoms with Crippen molar-refractivity contribution >= 4 is 5.91 Å². The van der Waals surface area contributed by atoms with E-state index in [-0.39, 0.29) is 5.92 Å². The summed E-state index contributed by atoms with van der Waals surface area (Å²) >= 11 is 0. The van der Waals surface area contributed by atoms with Gasteiger partial charge >= 0.3 is 0 Å². The fraction of sp³-hybridized carbons (Fsp3) is 0.414. The minimum Gasteiger partial charge on any atom is -0.345 e. The number of hydrogen-bond donors (Lipinski definition) is 0. The Morgan fingerprint density at radius 3 is 2.47 bits per heavy atom. The van der Waals surface area contributed by atoms with E-state index in [0.717, 1.165) is 32.4 Å². The van der Waals surface area contributed by atoms with Crippen LogP contribution in [-0.2, 0) is 17.9 Å². The van der Waals surface area contributed by atoms with Crippen LogP contribution in [0.2, 0.25) is 0 Å². The zero-order valence-electron chi connectivity index (χ0n) is 19.1. The van der Waals surface area contributed by atoms with Crippen LogP contribution in [0.3, 0.4) is 0 Å². The molecule has 2 aliphatic carbocycles. The predicted octanol–water partition coefficient (Wildman–Crippen LogP) is 6.31. The Balaban J connectivity index is 1.35. The Labute approximate surface area is 192 Å². The third-order valence-corrected chi connectivity index (χ3v) is 7.49. The van der Waals surface area contributed by atoms with E-state index in [1.54, 1.807) is 0 Å². The number of aromatic nitrogens is 1. The Bertz CT molecular complexity index is 1050. The molecule has 0 radical (unpaired) electrons. The summed E-state index contributed by atoms with van der Waals surface area (Å²) in [4.78, 5) is 16.0. The van der Waals surface area contributed by atoms with Crippen molar-refractivity contribution in [1.29, 1.82) is 0 Å². The first-order valence-corrected chi connectivity index (χ1v) is 12.2. The minimum atomic E-state index is 0.152. The van der Waals surface area contributed by atoms with Crippen molar-refractivity contribution in [3.8, 4) is 0 Å². The van der Waals surface area contributed by atoms with Crippen LogP contribution in [0.5, 0.6) is 0 Å². The van der Waals surface area contributed by atoms with Crippen molar-refractivity contribution in [2.45, 2.75) is 70.5 Å². The van der Waals surface area contributed by atoms with Crippen molar-refractivity contribution in [1.82, 2.24) is 9.47 Å². The zero-order valence-corrected chi connectivity index (χ0v) is 19.1. The second kappa shape index (κ2) is 9.36. The summed E-state index contributed by atoms with van der Waals surface area (Å²) in [6.07, 6.45) is 9.24. The van der Waals surface area contributed by atoms with E-state index in [9.17, 15) is 4.79 Å². The SMILES string of the molecule is Cc1ccccc1Cn1cccc1CN(C(=O)C1CC1c1ccccc1)C1CCCCC1. The van der Waals surface area contributed by atoms with Crippen molar-refractivity contribution in [2.24, 2.45) is 5.92 Å². The number of hydrogen-bond acceptors (Lipinski definition) is 1. The fourth-order valence-electron chi connectivity index (χ4n) is 5.42. The molecule has 2 aliphatic rings. The highest BCUT2D eigenvalue weighted by Gasteiger charge is 2.46. The number of amides is 1. The lowest BCUT2D eigenvalue weighted by atomic mass is 9.93. The summed E-state index contributed by atoms with van der Waals surface area (Å²) < 4.78 is 2.33. The normalized spacial score (nSPS) is 20.8. The summed E-state index contributed by atoms with van der Waals surface area (Å²) in [5, 5.41) is 0. The third kappa shape index (κ3) is 4.53. The van der Waals surface area contributed by atoms with Gasteiger partial charge in [0.25, 0.3) is 0 Å². The number of carbonyl (C=O) groups excluding carboxylic acids is 1. The van der Waals surface area contributed by atoms with Crippen molar-refractivity contribution in [2.75, 3.05) is 0 Å². The largest absolute Gasteiger partial charge is 0.345 e. The Hall–Kier alpha value is -2.81. The lowest BCUT2D eigenvalue weighted by molar-refractivity contribution is -0.136. The number of aryl methyl sites for hydroxylation is 1. The molecule has 2 saturated carbocycles. The van der Waals surface area contributed by atoms with E-state index >= 15 is 0 Å². The molecule has 0 saturated heterocycles. The van der Waals surface area contributed by atoms with Gasteiger partial charge in [-0.15, -0.1) is 0 Å². The molecule has 2 atom stereocenters. The van der Waals surface area contributed by atoms with Gasteiger partial charge in [-0.05, 0) is 60.9 Å². The smallest absolute Gasteiger partial charge is 0.226 e. The maximum Gasteiger partial charge on any atom is 0.226 e. The number of rotatable bonds is 7. The van der Waals surface area contributed by atoms with Gasteiger partial charge in [-0.2, -0.15) is 0 Å². The quantitative estimate of drug-likeness (QED) is 0.435. The molecular formula is C29H34N2O. The van der Waals surface area contributed by atoms with Crippen molar-refractivity contribution in [3.05, 3.63) is 95.3 Å². The molecule has 1 aromatic heterocycles. The van der Waals surface area contributed by atoms with Crippen LogP contribution in [0.1, 0.15) is 66.8 Å². The third-order valence-electron chi connectivity index (χ3n) is 7.49. The highest BCUT2D eigenvalue weighted by molar-refractivity contribution is 5.83. The highest BCUT2D eigenvalue weighted by atomic mass is 16.2. The van der Waals surface area contributed by atoms with Crippen LogP contribution in [0, 0.1) is 12.8 Å². The number of nitrogens with zero attached hydrogens (tertiary/aromatic N) is 2. The first-order chi connectivity index (χ1) is 15.7. The van der Waals surface area contributed by atoms with E-state index in [1.165, 1.54) is 41.6 Å². The molecule has 0 aliphatic heterocycles. The van der Waals surface area contributed by atoms with Crippen LogP contribution in [0.15, 0.2) is 72.9 Å². The molecule has 0 N–H and O–H groups in total. The van der Waals surface area contributed by atoms with Crippen LogP contribution >= 0.6 is 0 Å². The fourth-order valence-corrected chi connectivity index (χ4v) is 5.42. The van der Waals surface area contributed by atoms with E-state index in [0.29, 0.717) is 17.9 Å². The van der Waals surface area contributed by atoms with Gasteiger partial charge in [-0.3, -0.25) is 4.79 Å². The molecule has 3 heteroatoms. The molecule has 2 unspecified atom stereocenters. The molecule has 3 nitrogen and oxygen atoms in total. The Morgan fingerprint density at radius 2 is 1.69 bits per heavy atom. The molecule has 5 rings (SSSR count). The maximum absolute atomic E-state index is 13.8. The van der Waals surface area contributed by atoms with Gasteiger partial charge in [0.2, 0.25) is 5.91 Å². The number of benzene rings is 2. The van der Waals surface area contributed by atoms with Gasteiger partial charge < -0.3 is 9.47 Å². The van der Waals surface area contributed by atoms with Crippen LogP contribution in [0.25, 0.3) is 0 Å². The van der Waals surface area contributed by atoms with Gasteiger partial charge in [0, 0.05) is 30.4 Å². The second-order valence-electron chi connectivity index (χ2n) is 9.67. The molecule has 0 spiro atoms. The lowest BCUT2D eigenvalue weighted by Gasteiger charge is -2.35. The first-order valence-electron chi connectivity index (χ1n) is 12.2. The summed E-state index contributed by atoms with van der Waals surface area (Å²) in [6.45, 7) is 3.76.